The van der Waals surface area contributed by atoms with Crippen LogP contribution in [0.4, 0.5) is 10.5 Å². The molecule has 2 atom stereocenters. The predicted molar refractivity (Wildman–Crippen MR) is 143 cm³/mol. The first-order valence-corrected chi connectivity index (χ1v) is 13.3. The molecule has 5 amide bonds. The van der Waals surface area contributed by atoms with Gasteiger partial charge in [-0.05, 0) is 50.5 Å². The number of rotatable bonds is 8. The van der Waals surface area contributed by atoms with Crippen LogP contribution in [-0.4, -0.2) is 85.4 Å². The lowest BCUT2D eigenvalue weighted by atomic mass is 9.84. The predicted octanol–water partition coefficient (Wildman–Crippen LogP) is 1.94. The summed E-state index contributed by atoms with van der Waals surface area (Å²) in [6.07, 6.45) is 5.94. The number of amides is 5. The Labute approximate surface area is 219 Å². The number of carbonyl (C=O) groups excluding carboxylic acids is 4. The van der Waals surface area contributed by atoms with Crippen LogP contribution in [0.25, 0.3) is 0 Å². The standard InChI is InChI=1S/C27H42N6O4/c1-18(2)29-27(37)33-15-14-32(26(36)20-10-12-21(13-11-20)31(3)4)17-23(33)25(35)30-22(24(28)34)16-19-8-6-5-7-9-19/h10-13,18-19,22-23H,5-9,14-17H2,1-4H3,(H2,28,34)(H,29,37)(H,30,35). The van der Waals surface area contributed by atoms with Crippen molar-refractivity contribution >= 4 is 29.4 Å². The lowest BCUT2D eigenvalue weighted by Gasteiger charge is -2.41. The normalized spacial score (nSPS) is 19.3. The second kappa shape index (κ2) is 12.8. The van der Waals surface area contributed by atoms with Gasteiger partial charge in [-0.25, -0.2) is 4.79 Å². The van der Waals surface area contributed by atoms with Gasteiger partial charge in [0, 0.05) is 44.5 Å². The molecule has 0 bridgehead atoms. The monoisotopic (exact) mass is 514 g/mol. The highest BCUT2D eigenvalue weighted by Crippen LogP contribution is 2.27. The van der Waals surface area contributed by atoms with Gasteiger partial charge in [0.2, 0.25) is 11.8 Å². The second-order valence-electron chi connectivity index (χ2n) is 10.7. The van der Waals surface area contributed by atoms with Crippen molar-refractivity contribution in [2.45, 2.75) is 70.5 Å². The number of anilines is 1. The fourth-order valence-corrected chi connectivity index (χ4v) is 5.12. The molecule has 2 fully saturated rings. The smallest absolute Gasteiger partial charge is 0.318 e. The number of hydrogen-bond acceptors (Lipinski definition) is 5. The van der Waals surface area contributed by atoms with E-state index in [1.165, 1.54) is 11.3 Å². The summed E-state index contributed by atoms with van der Waals surface area (Å²) >= 11 is 0. The van der Waals surface area contributed by atoms with Gasteiger partial charge in [0.25, 0.3) is 5.91 Å². The maximum absolute atomic E-state index is 13.5. The number of primary amides is 1. The quantitative estimate of drug-likeness (QED) is 0.488. The molecule has 37 heavy (non-hydrogen) atoms. The first kappa shape index (κ1) is 28.3. The van der Waals surface area contributed by atoms with Crippen LogP contribution < -0.4 is 21.3 Å². The van der Waals surface area contributed by atoms with E-state index in [0.717, 1.165) is 31.4 Å². The van der Waals surface area contributed by atoms with Crippen molar-refractivity contribution in [2.75, 3.05) is 38.6 Å². The molecule has 0 aromatic heterocycles. The third-order valence-electron chi connectivity index (χ3n) is 7.23. The molecule has 4 N–H and O–H groups in total. The minimum Gasteiger partial charge on any atom is -0.378 e. The molecule has 1 aliphatic heterocycles. The van der Waals surface area contributed by atoms with Crippen molar-refractivity contribution < 1.29 is 19.2 Å². The van der Waals surface area contributed by atoms with E-state index in [9.17, 15) is 19.2 Å². The molecule has 1 aromatic carbocycles. The van der Waals surface area contributed by atoms with E-state index >= 15 is 0 Å². The van der Waals surface area contributed by atoms with Gasteiger partial charge in [-0.2, -0.15) is 0 Å². The molecule has 0 radical (unpaired) electrons. The van der Waals surface area contributed by atoms with Gasteiger partial charge in [0.1, 0.15) is 12.1 Å². The molecule has 3 rings (SSSR count). The van der Waals surface area contributed by atoms with Crippen LogP contribution in [0.5, 0.6) is 0 Å². The molecule has 1 aliphatic carbocycles. The highest BCUT2D eigenvalue weighted by molar-refractivity contribution is 5.96. The topological polar surface area (TPSA) is 128 Å². The summed E-state index contributed by atoms with van der Waals surface area (Å²) in [6.45, 7) is 4.21. The molecule has 1 aromatic rings. The van der Waals surface area contributed by atoms with Crippen LogP contribution in [0.3, 0.4) is 0 Å². The van der Waals surface area contributed by atoms with Gasteiger partial charge < -0.3 is 31.1 Å². The molecule has 10 nitrogen and oxygen atoms in total. The largest absolute Gasteiger partial charge is 0.378 e. The average molecular weight is 515 g/mol. The molecule has 1 saturated heterocycles. The third-order valence-corrected chi connectivity index (χ3v) is 7.23. The van der Waals surface area contributed by atoms with Crippen molar-refractivity contribution in [1.29, 1.82) is 0 Å². The van der Waals surface area contributed by atoms with Gasteiger partial charge in [0.05, 0.1) is 6.54 Å². The summed E-state index contributed by atoms with van der Waals surface area (Å²) in [5.41, 5.74) is 7.15. The maximum atomic E-state index is 13.5. The van der Waals surface area contributed by atoms with Crippen LogP contribution in [0.15, 0.2) is 24.3 Å². The Balaban J connectivity index is 1.76. The number of nitrogens with zero attached hydrogens (tertiary/aromatic N) is 3. The van der Waals surface area contributed by atoms with E-state index in [1.807, 2.05) is 45.0 Å². The molecule has 10 heteroatoms. The molecule has 204 valence electrons. The van der Waals surface area contributed by atoms with E-state index in [-0.39, 0.29) is 31.1 Å². The van der Waals surface area contributed by atoms with E-state index in [1.54, 1.807) is 17.0 Å². The average Bonchev–Trinajstić information content (AvgIpc) is 2.87. The van der Waals surface area contributed by atoms with Crippen molar-refractivity contribution in [3.8, 4) is 0 Å². The number of hydrogen-bond donors (Lipinski definition) is 3. The Morgan fingerprint density at radius 2 is 1.65 bits per heavy atom. The van der Waals surface area contributed by atoms with E-state index in [2.05, 4.69) is 10.6 Å². The van der Waals surface area contributed by atoms with E-state index < -0.39 is 23.9 Å². The SMILES string of the molecule is CC(C)NC(=O)N1CCN(C(=O)c2ccc(N(C)C)cc2)CC1C(=O)NC(CC1CCCCC1)C(N)=O. The number of benzene rings is 1. The molecule has 2 unspecified atom stereocenters. The molecular formula is C27H42N6O4. The first-order valence-electron chi connectivity index (χ1n) is 13.3. The summed E-state index contributed by atoms with van der Waals surface area (Å²) in [7, 11) is 3.85. The van der Waals surface area contributed by atoms with Crippen LogP contribution in [-0.2, 0) is 9.59 Å². The number of urea groups is 1. The summed E-state index contributed by atoms with van der Waals surface area (Å²) in [6, 6.07) is 5.02. The van der Waals surface area contributed by atoms with Crippen LogP contribution in [0.2, 0.25) is 0 Å². The Kier molecular flexibility index (Phi) is 9.77. The zero-order valence-corrected chi connectivity index (χ0v) is 22.5. The summed E-state index contributed by atoms with van der Waals surface area (Å²) in [5.74, 6) is -0.928. The minimum atomic E-state index is -0.939. The fourth-order valence-electron chi connectivity index (χ4n) is 5.12. The Hall–Kier alpha value is -3.30. The highest BCUT2D eigenvalue weighted by atomic mass is 16.2. The third kappa shape index (κ3) is 7.60. The Morgan fingerprint density at radius 1 is 1.00 bits per heavy atom. The fraction of sp³-hybridized carbons (Fsp3) is 0.630. The lowest BCUT2D eigenvalue weighted by Crippen LogP contribution is -2.65. The zero-order chi connectivity index (χ0) is 27.1. The molecular weight excluding hydrogens is 472 g/mol. The van der Waals surface area contributed by atoms with Gasteiger partial charge in [-0.1, -0.05) is 32.1 Å². The van der Waals surface area contributed by atoms with Crippen molar-refractivity contribution in [3.63, 3.8) is 0 Å². The van der Waals surface area contributed by atoms with Crippen LogP contribution >= 0.6 is 0 Å². The summed E-state index contributed by atoms with van der Waals surface area (Å²) in [5, 5.41) is 5.65. The maximum Gasteiger partial charge on any atom is 0.318 e. The van der Waals surface area contributed by atoms with Crippen molar-refractivity contribution in [2.24, 2.45) is 11.7 Å². The zero-order valence-electron chi connectivity index (χ0n) is 22.5. The molecule has 1 heterocycles. The highest BCUT2D eigenvalue weighted by Gasteiger charge is 2.39. The van der Waals surface area contributed by atoms with E-state index in [4.69, 9.17) is 5.73 Å². The molecule has 0 spiro atoms. The van der Waals surface area contributed by atoms with Crippen LogP contribution in [0.1, 0.15) is 62.7 Å². The number of piperazine rings is 1. The van der Waals surface area contributed by atoms with Crippen molar-refractivity contribution in [1.82, 2.24) is 20.4 Å². The summed E-state index contributed by atoms with van der Waals surface area (Å²) < 4.78 is 0. The number of nitrogens with two attached hydrogens (primary N) is 1. The first-order chi connectivity index (χ1) is 17.6. The number of carbonyl (C=O) groups is 4. The molecule has 2 aliphatic rings. The lowest BCUT2D eigenvalue weighted by molar-refractivity contribution is -0.131. The minimum absolute atomic E-state index is 0.0283. The van der Waals surface area contributed by atoms with Crippen molar-refractivity contribution in [3.05, 3.63) is 29.8 Å². The molecule has 1 saturated carbocycles. The Morgan fingerprint density at radius 3 is 2.22 bits per heavy atom. The number of nitrogens with one attached hydrogen (secondary N) is 2. The van der Waals surface area contributed by atoms with Gasteiger partial charge in [-0.15, -0.1) is 0 Å². The van der Waals surface area contributed by atoms with E-state index in [0.29, 0.717) is 24.4 Å². The summed E-state index contributed by atoms with van der Waals surface area (Å²) in [4.78, 5) is 56.9. The van der Waals surface area contributed by atoms with Gasteiger partial charge in [-0.3, -0.25) is 14.4 Å². The van der Waals surface area contributed by atoms with Gasteiger partial charge in [0.15, 0.2) is 0 Å². The van der Waals surface area contributed by atoms with Gasteiger partial charge >= 0.3 is 6.03 Å². The Bertz CT molecular complexity index is 958. The second-order valence-corrected chi connectivity index (χ2v) is 10.7. The van der Waals surface area contributed by atoms with Crippen LogP contribution in [0, 0.1) is 5.92 Å².